The van der Waals surface area contributed by atoms with Gasteiger partial charge in [0.15, 0.2) is 0 Å². The zero-order chi connectivity index (χ0) is 11.8. The number of benzene rings is 2. The molecule has 0 N–H and O–H groups in total. The molecule has 0 fully saturated rings. The molecule has 5 heteroatoms. The third-order valence-electron chi connectivity index (χ3n) is 2.40. The summed E-state index contributed by atoms with van der Waals surface area (Å²) in [4.78, 5) is -0.221. The molecule has 0 saturated carbocycles. The molecule has 0 aliphatic carbocycles. The largest absolute Gasteiger partial charge is 1.00 e. The Labute approximate surface area is 122 Å². The van der Waals surface area contributed by atoms with E-state index in [-0.39, 0.29) is 34.5 Å². The van der Waals surface area contributed by atoms with Crippen LogP contribution >= 0.6 is 0 Å². The van der Waals surface area contributed by atoms with Gasteiger partial charge in [-0.3, -0.25) is 0 Å². The van der Waals surface area contributed by atoms with Crippen molar-refractivity contribution >= 4 is 27.0 Å². The molecule has 82 valence electrons. The van der Waals surface area contributed by atoms with Crippen molar-refractivity contribution < 1.29 is 42.5 Å². The summed E-state index contributed by atoms with van der Waals surface area (Å²) in [7, 11) is -4.46. The van der Waals surface area contributed by atoms with Crippen LogP contribution in [0.25, 0.3) is 16.8 Å². The Kier molecular flexibility index (Phi) is 4.52. The number of hydrogen-bond donors (Lipinski definition) is 0. The average Bonchev–Trinajstić information content (AvgIpc) is 2.26. The van der Waals surface area contributed by atoms with Gasteiger partial charge >= 0.3 is 29.6 Å². The first-order valence-electron chi connectivity index (χ1n) is 4.64. The first kappa shape index (κ1) is 14.4. The Morgan fingerprint density at radius 3 is 2.35 bits per heavy atom. The van der Waals surface area contributed by atoms with E-state index < -0.39 is 10.1 Å². The van der Waals surface area contributed by atoms with Crippen molar-refractivity contribution in [3.8, 4) is 0 Å². The van der Waals surface area contributed by atoms with Gasteiger partial charge in [-0.2, -0.15) is 0 Å². The third-order valence-corrected chi connectivity index (χ3v) is 3.30. The van der Waals surface area contributed by atoms with Crippen LogP contribution in [-0.2, 0) is 10.1 Å². The van der Waals surface area contributed by atoms with Gasteiger partial charge in [0.05, 0.1) is 4.90 Å². The molecule has 2 aromatic rings. The summed E-state index contributed by atoms with van der Waals surface area (Å²) in [6, 6.07) is 10.2. The van der Waals surface area contributed by atoms with E-state index in [9.17, 15) is 13.0 Å². The van der Waals surface area contributed by atoms with E-state index in [4.69, 9.17) is 0 Å². The molecule has 17 heavy (non-hydrogen) atoms. The topological polar surface area (TPSA) is 57.2 Å². The third kappa shape index (κ3) is 2.78. The summed E-state index contributed by atoms with van der Waals surface area (Å²) in [5.41, 5.74) is 0.369. The molecule has 2 aromatic carbocycles. The standard InChI is InChI=1S/C12H10O3S.Na/c1-2-10-11-6-4-3-5-9(11)7-8-12(10)16(13,14)15;/h2-8H,1H2,(H,13,14,15);/q;+1/p-1. The molecule has 0 aliphatic heterocycles. The molecule has 2 rings (SSSR count). The van der Waals surface area contributed by atoms with Gasteiger partial charge in [0.2, 0.25) is 0 Å². The normalized spacial score (nSPS) is 10.9. The van der Waals surface area contributed by atoms with Crippen molar-refractivity contribution in [1.29, 1.82) is 0 Å². The summed E-state index contributed by atoms with van der Waals surface area (Å²) in [5, 5.41) is 1.60. The molecule has 0 radical (unpaired) electrons. The van der Waals surface area contributed by atoms with Gasteiger partial charge in [0, 0.05) is 0 Å². The van der Waals surface area contributed by atoms with E-state index in [1.807, 2.05) is 12.1 Å². The molecule has 0 unspecified atom stereocenters. The van der Waals surface area contributed by atoms with Crippen LogP contribution in [0.4, 0.5) is 0 Å². The Balaban J connectivity index is 0.00000144. The van der Waals surface area contributed by atoms with Crippen molar-refractivity contribution in [2.24, 2.45) is 0 Å². The van der Waals surface area contributed by atoms with Crippen LogP contribution in [0.5, 0.6) is 0 Å². The molecule has 0 spiro atoms. The fourth-order valence-electron chi connectivity index (χ4n) is 1.70. The average molecular weight is 256 g/mol. The SMILES string of the molecule is C=Cc1c(S(=O)(=O)[O-])ccc2ccccc12.[Na+]. The Hall–Kier alpha value is -0.650. The molecule has 0 amide bonds. The van der Waals surface area contributed by atoms with Gasteiger partial charge in [-0.1, -0.05) is 43.0 Å². The monoisotopic (exact) mass is 256 g/mol. The summed E-state index contributed by atoms with van der Waals surface area (Å²) < 4.78 is 33.2. The quantitative estimate of drug-likeness (QED) is 0.532. The van der Waals surface area contributed by atoms with Crippen LogP contribution in [0.2, 0.25) is 0 Å². The predicted octanol–water partition coefficient (Wildman–Crippen LogP) is -0.609. The molecular formula is C12H9NaO3S. The van der Waals surface area contributed by atoms with Crippen molar-refractivity contribution in [2.75, 3.05) is 0 Å². The first-order valence-corrected chi connectivity index (χ1v) is 6.05. The maximum Gasteiger partial charge on any atom is 1.00 e. The van der Waals surface area contributed by atoms with Crippen molar-refractivity contribution in [3.05, 3.63) is 48.5 Å². The van der Waals surface area contributed by atoms with Crippen molar-refractivity contribution in [1.82, 2.24) is 0 Å². The van der Waals surface area contributed by atoms with Crippen molar-refractivity contribution in [3.63, 3.8) is 0 Å². The van der Waals surface area contributed by atoms with Gasteiger partial charge < -0.3 is 4.55 Å². The molecule has 0 bridgehead atoms. The van der Waals surface area contributed by atoms with E-state index in [2.05, 4.69) is 6.58 Å². The predicted molar refractivity (Wildman–Crippen MR) is 62.0 cm³/mol. The van der Waals surface area contributed by atoms with Crippen LogP contribution < -0.4 is 29.6 Å². The molecule has 0 saturated heterocycles. The molecule has 0 aliphatic rings. The van der Waals surface area contributed by atoms with E-state index in [1.165, 1.54) is 12.1 Å². The first-order chi connectivity index (χ1) is 7.54. The van der Waals surface area contributed by atoms with Gasteiger partial charge in [-0.15, -0.1) is 0 Å². The van der Waals surface area contributed by atoms with Crippen LogP contribution in [0.15, 0.2) is 47.9 Å². The smallest absolute Gasteiger partial charge is 0.744 e. The minimum absolute atomic E-state index is 0. The number of fused-ring (bicyclic) bond motifs is 1. The van der Waals surface area contributed by atoms with E-state index >= 15 is 0 Å². The second-order valence-electron chi connectivity index (χ2n) is 3.36. The Bertz CT molecular complexity index is 663. The summed E-state index contributed by atoms with van der Waals surface area (Å²) in [6.07, 6.45) is 1.40. The molecule has 3 nitrogen and oxygen atoms in total. The maximum atomic E-state index is 11.1. The van der Waals surface area contributed by atoms with Crippen LogP contribution in [0.3, 0.4) is 0 Å². The van der Waals surface area contributed by atoms with E-state index in [0.717, 1.165) is 10.8 Å². The summed E-state index contributed by atoms with van der Waals surface area (Å²) in [6.45, 7) is 3.55. The zero-order valence-electron chi connectivity index (χ0n) is 9.38. The number of hydrogen-bond acceptors (Lipinski definition) is 3. The van der Waals surface area contributed by atoms with Gasteiger partial charge in [0.1, 0.15) is 10.1 Å². The molecule has 0 aromatic heterocycles. The second kappa shape index (κ2) is 5.33. The maximum absolute atomic E-state index is 11.1. The van der Waals surface area contributed by atoms with E-state index in [1.54, 1.807) is 18.2 Å². The van der Waals surface area contributed by atoms with Gasteiger partial charge in [0.25, 0.3) is 0 Å². The molecular weight excluding hydrogens is 247 g/mol. The van der Waals surface area contributed by atoms with Crippen LogP contribution in [-0.4, -0.2) is 13.0 Å². The van der Waals surface area contributed by atoms with Gasteiger partial charge in [-0.25, -0.2) is 8.42 Å². The second-order valence-corrected chi connectivity index (χ2v) is 4.70. The fraction of sp³-hybridized carbons (Fsp3) is 0. The van der Waals surface area contributed by atoms with E-state index in [0.29, 0.717) is 5.56 Å². The molecule has 0 heterocycles. The number of rotatable bonds is 2. The summed E-state index contributed by atoms with van der Waals surface area (Å²) in [5.74, 6) is 0. The summed E-state index contributed by atoms with van der Waals surface area (Å²) >= 11 is 0. The zero-order valence-corrected chi connectivity index (χ0v) is 12.2. The Morgan fingerprint density at radius 2 is 1.76 bits per heavy atom. The Morgan fingerprint density at radius 1 is 1.12 bits per heavy atom. The van der Waals surface area contributed by atoms with Gasteiger partial charge in [-0.05, 0) is 22.4 Å². The minimum Gasteiger partial charge on any atom is -0.744 e. The van der Waals surface area contributed by atoms with Crippen molar-refractivity contribution in [2.45, 2.75) is 4.90 Å². The fourth-order valence-corrected chi connectivity index (χ4v) is 2.40. The molecule has 0 atom stereocenters. The minimum atomic E-state index is -4.46. The van der Waals surface area contributed by atoms with Crippen LogP contribution in [0.1, 0.15) is 5.56 Å². The van der Waals surface area contributed by atoms with Crippen LogP contribution in [0, 0.1) is 0 Å².